The van der Waals surface area contributed by atoms with Crippen LogP contribution < -0.4 is 5.73 Å². The van der Waals surface area contributed by atoms with Gasteiger partial charge in [0, 0.05) is 12.6 Å². The van der Waals surface area contributed by atoms with Crippen molar-refractivity contribution in [3.63, 3.8) is 0 Å². The summed E-state index contributed by atoms with van der Waals surface area (Å²) in [5.41, 5.74) is 6.39. The molecule has 3 fully saturated rings. The Bertz CT molecular complexity index is 212. The van der Waals surface area contributed by atoms with Gasteiger partial charge in [-0.25, -0.2) is 0 Å². The van der Waals surface area contributed by atoms with Crippen molar-refractivity contribution in [2.24, 2.45) is 29.4 Å². The van der Waals surface area contributed by atoms with E-state index in [0.717, 1.165) is 31.0 Å². The maximum absolute atomic E-state index is 6.39. The van der Waals surface area contributed by atoms with Crippen molar-refractivity contribution in [1.82, 2.24) is 0 Å². The van der Waals surface area contributed by atoms with Gasteiger partial charge in [0.2, 0.25) is 0 Å². The summed E-state index contributed by atoms with van der Waals surface area (Å²) in [7, 11) is 0. The molecule has 3 rings (SSSR count). The molecular formula is C12H21NO. The molecule has 0 aromatic carbocycles. The Hall–Kier alpha value is -0.0800. The fraction of sp³-hybridized carbons (Fsp3) is 1.00. The van der Waals surface area contributed by atoms with Gasteiger partial charge in [0.05, 0.1) is 6.61 Å². The smallest absolute Gasteiger partial charge is 0.0510 e. The molecular weight excluding hydrogens is 174 g/mol. The number of fused-ring (bicyclic) bond motifs is 2. The zero-order valence-electron chi connectivity index (χ0n) is 8.82. The second-order valence-electron chi connectivity index (χ2n) is 5.54. The SMILES string of the molecule is NC(C1CCOC1)C1CC2CCC1C2. The number of rotatable bonds is 2. The van der Waals surface area contributed by atoms with Crippen molar-refractivity contribution in [3.05, 3.63) is 0 Å². The number of ether oxygens (including phenoxy) is 1. The van der Waals surface area contributed by atoms with Crippen molar-refractivity contribution in [2.75, 3.05) is 13.2 Å². The average Bonchev–Trinajstić information content (AvgIpc) is 2.93. The van der Waals surface area contributed by atoms with Crippen molar-refractivity contribution in [1.29, 1.82) is 0 Å². The van der Waals surface area contributed by atoms with Crippen LogP contribution in [-0.4, -0.2) is 19.3 Å². The average molecular weight is 195 g/mol. The molecule has 2 saturated carbocycles. The summed E-state index contributed by atoms with van der Waals surface area (Å²) < 4.78 is 5.44. The molecule has 0 aromatic rings. The third-order valence-electron chi connectivity index (χ3n) is 4.80. The maximum atomic E-state index is 6.39. The van der Waals surface area contributed by atoms with Crippen molar-refractivity contribution in [2.45, 2.75) is 38.1 Å². The molecule has 2 nitrogen and oxygen atoms in total. The molecule has 1 aliphatic heterocycles. The van der Waals surface area contributed by atoms with Crippen LogP contribution >= 0.6 is 0 Å². The molecule has 5 unspecified atom stereocenters. The van der Waals surface area contributed by atoms with Crippen LogP contribution in [0.2, 0.25) is 0 Å². The molecule has 2 bridgehead atoms. The summed E-state index contributed by atoms with van der Waals surface area (Å²) >= 11 is 0. The van der Waals surface area contributed by atoms with Crippen LogP contribution in [0.5, 0.6) is 0 Å². The van der Waals surface area contributed by atoms with E-state index in [9.17, 15) is 0 Å². The van der Waals surface area contributed by atoms with Crippen molar-refractivity contribution >= 4 is 0 Å². The summed E-state index contributed by atoms with van der Waals surface area (Å²) in [6.45, 7) is 1.87. The van der Waals surface area contributed by atoms with E-state index in [4.69, 9.17) is 10.5 Å². The molecule has 80 valence electrons. The van der Waals surface area contributed by atoms with Gasteiger partial charge in [-0.3, -0.25) is 0 Å². The molecule has 2 N–H and O–H groups in total. The minimum Gasteiger partial charge on any atom is -0.381 e. The normalized spacial score (nSPS) is 48.6. The Labute approximate surface area is 86.2 Å². The van der Waals surface area contributed by atoms with E-state index in [1.807, 2.05) is 0 Å². The highest BCUT2D eigenvalue weighted by Crippen LogP contribution is 2.50. The van der Waals surface area contributed by atoms with E-state index in [2.05, 4.69) is 0 Å². The summed E-state index contributed by atoms with van der Waals surface area (Å²) in [6, 6.07) is 0.438. The van der Waals surface area contributed by atoms with Crippen LogP contribution in [0.3, 0.4) is 0 Å². The van der Waals surface area contributed by atoms with Crippen LogP contribution in [0.25, 0.3) is 0 Å². The minimum atomic E-state index is 0.438. The lowest BCUT2D eigenvalue weighted by Crippen LogP contribution is -2.40. The van der Waals surface area contributed by atoms with E-state index in [1.165, 1.54) is 32.1 Å². The Morgan fingerprint density at radius 3 is 2.64 bits per heavy atom. The van der Waals surface area contributed by atoms with Gasteiger partial charge >= 0.3 is 0 Å². The van der Waals surface area contributed by atoms with E-state index < -0.39 is 0 Å². The van der Waals surface area contributed by atoms with Crippen LogP contribution in [0.1, 0.15) is 32.1 Å². The molecule has 3 aliphatic rings. The second kappa shape index (κ2) is 3.49. The first kappa shape index (κ1) is 9.17. The topological polar surface area (TPSA) is 35.2 Å². The summed E-state index contributed by atoms with van der Waals surface area (Å²) in [5, 5.41) is 0. The fourth-order valence-electron chi connectivity index (χ4n) is 3.97. The van der Waals surface area contributed by atoms with Gasteiger partial charge in [-0.1, -0.05) is 6.42 Å². The molecule has 2 aliphatic carbocycles. The Kier molecular flexibility index (Phi) is 2.29. The molecule has 14 heavy (non-hydrogen) atoms. The van der Waals surface area contributed by atoms with Crippen LogP contribution in [0.4, 0.5) is 0 Å². The van der Waals surface area contributed by atoms with E-state index in [0.29, 0.717) is 12.0 Å². The van der Waals surface area contributed by atoms with Crippen molar-refractivity contribution < 1.29 is 4.74 Å². The molecule has 0 amide bonds. The fourth-order valence-corrected chi connectivity index (χ4v) is 3.97. The maximum Gasteiger partial charge on any atom is 0.0510 e. The lowest BCUT2D eigenvalue weighted by molar-refractivity contribution is 0.162. The third kappa shape index (κ3) is 1.40. The third-order valence-corrected chi connectivity index (χ3v) is 4.80. The highest BCUT2D eigenvalue weighted by atomic mass is 16.5. The van der Waals surface area contributed by atoms with Crippen LogP contribution in [-0.2, 0) is 4.74 Å². The molecule has 1 heterocycles. The largest absolute Gasteiger partial charge is 0.381 e. The lowest BCUT2D eigenvalue weighted by atomic mass is 9.78. The summed E-state index contributed by atoms with van der Waals surface area (Å²) in [6.07, 6.45) is 7.04. The van der Waals surface area contributed by atoms with E-state index in [1.54, 1.807) is 0 Å². The zero-order valence-corrected chi connectivity index (χ0v) is 8.82. The Morgan fingerprint density at radius 2 is 2.07 bits per heavy atom. The Morgan fingerprint density at radius 1 is 1.14 bits per heavy atom. The molecule has 5 atom stereocenters. The lowest BCUT2D eigenvalue weighted by Gasteiger charge is -2.31. The summed E-state index contributed by atoms with van der Waals surface area (Å²) in [4.78, 5) is 0. The van der Waals surface area contributed by atoms with Gasteiger partial charge in [-0.05, 0) is 49.4 Å². The minimum absolute atomic E-state index is 0.438. The van der Waals surface area contributed by atoms with Gasteiger partial charge in [-0.2, -0.15) is 0 Å². The molecule has 2 heteroatoms. The first-order valence-electron chi connectivity index (χ1n) is 6.18. The van der Waals surface area contributed by atoms with Gasteiger partial charge in [0.25, 0.3) is 0 Å². The second-order valence-corrected chi connectivity index (χ2v) is 5.54. The van der Waals surface area contributed by atoms with E-state index in [-0.39, 0.29) is 0 Å². The number of hydrogen-bond acceptors (Lipinski definition) is 2. The number of hydrogen-bond donors (Lipinski definition) is 1. The van der Waals surface area contributed by atoms with Crippen LogP contribution in [0.15, 0.2) is 0 Å². The predicted octanol–water partition coefficient (Wildman–Crippen LogP) is 1.79. The molecule has 0 spiro atoms. The van der Waals surface area contributed by atoms with Gasteiger partial charge in [0.15, 0.2) is 0 Å². The highest BCUT2D eigenvalue weighted by molar-refractivity contribution is 4.96. The summed E-state index contributed by atoms with van der Waals surface area (Å²) in [5.74, 6) is 3.49. The molecule has 1 saturated heterocycles. The highest BCUT2D eigenvalue weighted by Gasteiger charge is 2.44. The van der Waals surface area contributed by atoms with Gasteiger partial charge < -0.3 is 10.5 Å². The molecule has 0 aromatic heterocycles. The quantitative estimate of drug-likeness (QED) is 0.729. The van der Waals surface area contributed by atoms with Crippen molar-refractivity contribution in [3.8, 4) is 0 Å². The first-order valence-corrected chi connectivity index (χ1v) is 6.18. The van der Waals surface area contributed by atoms with Gasteiger partial charge in [-0.15, -0.1) is 0 Å². The zero-order chi connectivity index (χ0) is 9.54. The molecule has 0 radical (unpaired) electrons. The monoisotopic (exact) mass is 195 g/mol. The van der Waals surface area contributed by atoms with Gasteiger partial charge in [0.1, 0.15) is 0 Å². The standard InChI is InChI=1S/C12H21NO/c13-12(10-3-4-14-7-10)11-6-8-1-2-9(11)5-8/h8-12H,1-7,13H2. The van der Waals surface area contributed by atoms with Crippen LogP contribution in [0, 0.1) is 23.7 Å². The number of nitrogens with two attached hydrogens (primary N) is 1. The predicted molar refractivity (Wildman–Crippen MR) is 55.8 cm³/mol. The van der Waals surface area contributed by atoms with E-state index >= 15 is 0 Å². The Balaban J connectivity index is 1.64. The first-order chi connectivity index (χ1) is 6.84.